The lowest BCUT2D eigenvalue weighted by atomic mass is 9.83. The van der Waals surface area contributed by atoms with E-state index in [9.17, 15) is 14.7 Å². The zero-order chi connectivity index (χ0) is 20.5. The van der Waals surface area contributed by atoms with Crippen molar-refractivity contribution >= 4 is 35.2 Å². The van der Waals surface area contributed by atoms with Crippen LogP contribution in [0.2, 0.25) is 5.02 Å². The molecule has 29 heavy (non-hydrogen) atoms. The van der Waals surface area contributed by atoms with E-state index in [2.05, 4.69) is 4.98 Å². The predicted molar refractivity (Wildman–Crippen MR) is 109 cm³/mol. The first-order chi connectivity index (χ1) is 14.0. The molecular formula is C21H19ClN2O4S. The van der Waals surface area contributed by atoms with Crippen LogP contribution in [-0.4, -0.2) is 39.0 Å². The number of amides is 1. The summed E-state index contributed by atoms with van der Waals surface area (Å²) in [7, 11) is 0. The highest BCUT2D eigenvalue weighted by molar-refractivity contribution is 8.03. The van der Waals surface area contributed by atoms with Crippen molar-refractivity contribution in [3.05, 3.63) is 70.0 Å². The number of hydrogen-bond acceptors (Lipinski definition) is 6. The standard InChI is InChI=1S/C21H19ClN2O4S/c1-12(25)18-16-9-17(29-15-3-2-8-23-10-15)19(24(16)20(18)26)21(27)28-11-13-4-6-14(22)7-5-13/h2-8,10,12,16,18,25H,9,11H2,1H3. The van der Waals surface area contributed by atoms with Gasteiger partial charge in [0.25, 0.3) is 0 Å². The Hall–Kier alpha value is -2.35. The monoisotopic (exact) mass is 430 g/mol. The summed E-state index contributed by atoms with van der Waals surface area (Å²) in [6, 6.07) is 10.5. The van der Waals surface area contributed by atoms with Crippen LogP contribution in [-0.2, 0) is 20.9 Å². The van der Waals surface area contributed by atoms with E-state index in [1.54, 1.807) is 43.6 Å². The smallest absolute Gasteiger partial charge is 0.356 e. The van der Waals surface area contributed by atoms with Crippen LogP contribution in [0, 0.1) is 5.92 Å². The Morgan fingerprint density at radius 1 is 1.38 bits per heavy atom. The average Bonchev–Trinajstić information content (AvgIpc) is 3.01. The maximum absolute atomic E-state index is 12.9. The highest BCUT2D eigenvalue weighted by Gasteiger charge is 2.57. The predicted octanol–water partition coefficient (Wildman–Crippen LogP) is 3.39. The van der Waals surface area contributed by atoms with E-state index in [0.717, 1.165) is 15.4 Å². The van der Waals surface area contributed by atoms with Crippen molar-refractivity contribution in [2.24, 2.45) is 5.92 Å². The number of hydrogen-bond donors (Lipinski definition) is 1. The van der Waals surface area contributed by atoms with E-state index < -0.39 is 18.0 Å². The van der Waals surface area contributed by atoms with Crippen LogP contribution in [0.1, 0.15) is 18.9 Å². The summed E-state index contributed by atoms with van der Waals surface area (Å²) in [6.07, 6.45) is 3.12. The molecule has 6 nitrogen and oxygen atoms in total. The van der Waals surface area contributed by atoms with Gasteiger partial charge in [-0.25, -0.2) is 4.79 Å². The van der Waals surface area contributed by atoms with Crippen LogP contribution in [0.3, 0.4) is 0 Å². The van der Waals surface area contributed by atoms with Gasteiger partial charge in [-0.05, 0) is 36.8 Å². The number of aliphatic hydroxyl groups is 1. The van der Waals surface area contributed by atoms with Gasteiger partial charge < -0.3 is 14.7 Å². The third-order valence-electron chi connectivity index (χ3n) is 5.04. The largest absolute Gasteiger partial charge is 0.456 e. The highest BCUT2D eigenvalue weighted by Crippen LogP contribution is 2.48. The van der Waals surface area contributed by atoms with E-state index >= 15 is 0 Å². The van der Waals surface area contributed by atoms with Gasteiger partial charge in [0.1, 0.15) is 12.3 Å². The Kier molecular flexibility index (Phi) is 5.63. The number of carbonyl (C=O) groups excluding carboxylic acids is 2. The number of aliphatic hydroxyl groups excluding tert-OH is 1. The Morgan fingerprint density at radius 3 is 2.79 bits per heavy atom. The van der Waals surface area contributed by atoms with Crippen molar-refractivity contribution in [1.82, 2.24) is 9.88 Å². The summed E-state index contributed by atoms with van der Waals surface area (Å²) in [5.74, 6) is -1.29. The van der Waals surface area contributed by atoms with Gasteiger partial charge in [-0.15, -0.1) is 0 Å². The zero-order valence-electron chi connectivity index (χ0n) is 15.6. The lowest BCUT2D eigenvalue weighted by Crippen LogP contribution is -2.61. The van der Waals surface area contributed by atoms with E-state index in [0.29, 0.717) is 11.4 Å². The summed E-state index contributed by atoms with van der Waals surface area (Å²) in [6.45, 7) is 1.68. The van der Waals surface area contributed by atoms with E-state index in [4.69, 9.17) is 16.3 Å². The Morgan fingerprint density at radius 2 is 2.14 bits per heavy atom. The molecule has 1 aromatic heterocycles. The number of aromatic nitrogens is 1. The molecule has 8 heteroatoms. The quantitative estimate of drug-likeness (QED) is 0.559. The molecule has 1 aromatic carbocycles. The lowest BCUT2D eigenvalue weighted by molar-refractivity contribution is -0.162. The molecule has 2 aromatic rings. The fourth-order valence-corrected chi connectivity index (χ4v) is 4.86. The van der Waals surface area contributed by atoms with Gasteiger partial charge in [0.2, 0.25) is 5.91 Å². The minimum Gasteiger partial charge on any atom is -0.456 e. The van der Waals surface area contributed by atoms with Crippen LogP contribution < -0.4 is 0 Å². The number of β-lactam (4-membered cyclic amide) rings is 1. The van der Waals surface area contributed by atoms with Gasteiger partial charge in [0.15, 0.2) is 0 Å². The second-order valence-electron chi connectivity index (χ2n) is 7.01. The fourth-order valence-electron chi connectivity index (χ4n) is 3.66. The Bertz CT molecular complexity index is 962. The number of thioether (sulfide) groups is 1. The van der Waals surface area contributed by atoms with Crippen molar-refractivity contribution in [1.29, 1.82) is 0 Å². The molecule has 150 valence electrons. The lowest BCUT2D eigenvalue weighted by Gasteiger charge is -2.44. The summed E-state index contributed by atoms with van der Waals surface area (Å²) in [5.41, 5.74) is 1.07. The second kappa shape index (κ2) is 8.18. The minimum absolute atomic E-state index is 0.0802. The maximum Gasteiger partial charge on any atom is 0.356 e. The number of nitrogens with zero attached hydrogens (tertiary/aromatic N) is 2. The molecule has 3 atom stereocenters. The molecule has 0 bridgehead atoms. The minimum atomic E-state index is -0.766. The van der Waals surface area contributed by atoms with Crippen molar-refractivity contribution < 1.29 is 19.4 Å². The molecule has 1 fully saturated rings. The van der Waals surface area contributed by atoms with Crippen molar-refractivity contribution in [3.8, 4) is 0 Å². The maximum atomic E-state index is 12.9. The molecule has 0 spiro atoms. The number of benzene rings is 1. The number of fused-ring (bicyclic) bond motifs is 1. The topological polar surface area (TPSA) is 79.7 Å². The number of halogens is 1. The van der Waals surface area contributed by atoms with Crippen LogP contribution in [0.4, 0.5) is 0 Å². The number of pyridine rings is 1. The molecule has 0 radical (unpaired) electrons. The van der Waals surface area contributed by atoms with Crippen molar-refractivity contribution in [2.75, 3.05) is 0 Å². The van der Waals surface area contributed by atoms with Gasteiger partial charge in [-0.2, -0.15) is 0 Å². The van der Waals surface area contributed by atoms with Gasteiger partial charge in [-0.3, -0.25) is 9.78 Å². The van der Waals surface area contributed by atoms with Gasteiger partial charge in [0, 0.05) is 33.6 Å². The summed E-state index contributed by atoms with van der Waals surface area (Å²) in [4.78, 5) is 32.7. The summed E-state index contributed by atoms with van der Waals surface area (Å²) < 4.78 is 5.49. The molecule has 0 saturated carbocycles. The van der Waals surface area contributed by atoms with Gasteiger partial charge in [-0.1, -0.05) is 35.5 Å². The SMILES string of the molecule is CC(O)C1C(=O)N2C(C(=O)OCc3ccc(Cl)cc3)=C(Sc3cccnc3)CC12. The normalized spacial score (nSPS) is 21.6. The summed E-state index contributed by atoms with van der Waals surface area (Å²) in [5, 5.41) is 10.6. The molecule has 3 heterocycles. The average molecular weight is 431 g/mol. The Balaban J connectivity index is 1.56. The highest BCUT2D eigenvalue weighted by atomic mass is 35.5. The van der Waals surface area contributed by atoms with E-state index in [1.165, 1.54) is 16.7 Å². The first kappa shape index (κ1) is 19.9. The number of rotatable bonds is 6. The number of esters is 1. The van der Waals surface area contributed by atoms with Crippen LogP contribution in [0.5, 0.6) is 0 Å². The molecule has 2 aliphatic rings. The molecule has 3 unspecified atom stereocenters. The second-order valence-corrected chi connectivity index (χ2v) is 8.62. The van der Waals surface area contributed by atoms with E-state index in [1.807, 2.05) is 12.1 Å². The molecular weight excluding hydrogens is 412 g/mol. The first-order valence-corrected chi connectivity index (χ1v) is 10.4. The number of carbonyl (C=O) groups is 2. The van der Waals surface area contributed by atoms with Crippen LogP contribution in [0.25, 0.3) is 0 Å². The van der Waals surface area contributed by atoms with Crippen molar-refractivity contribution in [2.45, 2.75) is 37.0 Å². The zero-order valence-corrected chi connectivity index (χ0v) is 17.2. The molecule has 0 aliphatic carbocycles. The van der Waals surface area contributed by atoms with Crippen molar-refractivity contribution in [3.63, 3.8) is 0 Å². The molecule has 1 saturated heterocycles. The first-order valence-electron chi connectivity index (χ1n) is 9.19. The Labute approximate surface area is 177 Å². The fraction of sp³-hybridized carbons (Fsp3) is 0.286. The van der Waals surface area contributed by atoms with Crippen LogP contribution in [0.15, 0.2) is 64.3 Å². The third kappa shape index (κ3) is 3.90. The molecule has 4 rings (SSSR count). The van der Waals surface area contributed by atoms with Crippen LogP contribution >= 0.6 is 23.4 Å². The molecule has 1 amide bonds. The molecule has 2 aliphatic heterocycles. The summed E-state index contributed by atoms with van der Waals surface area (Å²) >= 11 is 7.28. The van der Waals surface area contributed by atoms with Gasteiger partial charge in [0.05, 0.1) is 18.1 Å². The molecule has 1 N–H and O–H groups in total. The van der Waals surface area contributed by atoms with E-state index in [-0.39, 0.29) is 24.3 Å². The van der Waals surface area contributed by atoms with Gasteiger partial charge >= 0.3 is 5.97 Å². The third-order valence-corrected chi connectivity index (χ3v) is 6.38. The number of ether oxygens (including phenoxy) is 1.